The topological polar surface area (TPSA) is 64.6 Å². The maximum atomic E-state index is 11.8. The number of amides is 1. The van der Waals surface area contributed by atoms with Crippen LogP contribution in [0.3, 0.4) is 0 Å². The standard InChI is InChI=1S/C16H21NO4/c1-17-16(19)13-5-2-6-14(10-13)21-15(18)8-7-12-4-3-9-20-11-12/h2,5-6,10,12H,3-4,7-9,11H2,1H3,(H,17,19)/t12-/m0/s1. The second kappa shape index (κ2) is 7.78. The van der Waals surface area contributed by atoms with Gasteiger partial charge >= 0.3 is 5.97 Å². The predicted molar refractivity (Wildman–Crippen MR) is 78.2 cm³/mol. The fraction of sp³-hybridized carbons (Fsp3) is 0.500. The molecule has 0 unspecified atom stereocenters. The average molecular weight is 291 g/mol. The smallest absolute Gasteiger partial charge is 0.311 e. The molecule has 1 heterocycles. The summed E-state index contributed by atoms with van der Waals surface area (Å²) < 4.78 is 10.7. The number of carbonyl (C=O) groups is 2. The minimum Gasteiger partial charge on any atom is -0.427 e. The molecule has 5 heteroatoms. The van der Waals surface area contributed by atoms with Gasteiger partial charge < -0.3 is 14.8 Å². The van der Waals surface area contributed by atoms with E-state index in [0.29, 0.717) is 23.7 Å². The molecule has 1 fully saturated rings. The second-order valence-corrected chi connectivity index (χ2v) is 5.20. The van der Waals surface area contributed by atoms with Gasteiger partial charge in [-0.15, -0.1) is 0 Å². The lowest BCUT2D eigenvalue weighted by atomic mass is 9.97. The van der Waals surface area contributed by atoms with Gasteiger partial charge in [0, 0.05) is 32.2 Å². The normalized spacial score (nSPS) is 18.0. The van der Waals surface area contributed by atoms with E-state index in [-0.39, 0.29) is 11.9 Å². The van der Waals surface area contributed by atoms with Crippen molar-refractivity contribution in [1.82, 2.24) is 5.32 Å². The van der Waals surface area contributed by atoms with Gasteiger partial charge in [-0.25, -0.2) is 0 Å². The fourth-order valence-corrected chi connectivity index (χ4v) is 2.38. The van der Waals surface area contributed by atoms with Crippen molar-refractivity contribution in [1.29, 1.82) is 0 Å². The molecule has 1 saturated heterocycles. The molecule has 2 rings (SSSR count). The third kappa shape index (κ3) is 4.86. The molecule has 1 atom stereocenters. The molecular formula is C16H21NO4. The van der Waals surface area contributed by atoms with E-state index in [1.165, 1.54) is 0 Å². The van der Waals surface area contributed by atoms with Crippen molar-refractivity contribution >= 4 is 11.9 Å². The van der Waals surface area contributed by atoms with Crippen molar-refractivity contribution < 1.29 is 19.1 Å². The van der Waals surface area contributed by atoms with E-state index in [4.69, 9.17) is 9.47 Å². The molecule has 114 valence electrons. The van der Waals surface area contributed by atoms with E-state index >= 15 is 0 Å². The van der Waals surface area contributed by atoms with Gasteiger partial charge in [0.25, 0.3) is 5.91 Å². The number of hydrogen-bond donors (Lipinski definition) is 1. The summed E-state index contributed by atoms with van der Waals surface area (Å²) >= 11 is 0. The summed E-state index contributed by atoms with van der Waals surface area (Å²) in [5, 5.41) is 2.54. The van der Waals surface area contributed by atoms with Gasteiger partial charge in [-0.3, -0.25) is 9.59 Å². The molecule has 5 nitrogen and oxygen atoms in total. The molecule has 1 aromatic rings. The van der Waals surface area contributed by atoms with E-state index < -0.39 is 0 Å². The number of nitrogens with one attached hydrogen (secondary N) is 1. The quantitative estimate of drug-likeness (QED) is 0.667. The maximum absolute atomic E-state index is 11.8. The van der Waals surface area contributed by atoms with Crippen LogP contribution < -0.4 is 10.1 Å². The second-order valence-electron chi connectivity index (χ2n) is 5.20. The number of hydrogen-bond acceptors (Lipinski definition) is 4. The molecule has 0 aromatic heterocycles. The van der Waals surface area contributed by atoms with Crippen LogP contribution in [0.2, 0.25) is 0 Å². The fourth-order valence-electron chi connectivity index (χ4n) is 2.38. The van der Waals surface area contributed by atoms with Crippen LogP contribution in [0.1, 0.15) is 36.0 Å². The van der Waals surface area contributed by atoms with Crippen LogP contribution in [0.25, 0.3) is 0 Å². The van der Waals surface area contributed by atoms with Crippen molar-refractivity contribution in [2.45, 2.75) is 25.7 Å². The largest absolute Gasteiger partial charge is 0.427 e. The molecule has 0 radical (unpaired) electrons. The van der Waals surface area contributed by atoms with Crippen molar-refractivity contribution in [2.75, 3.05) is 20.3 Å². The molecule has 0 spiro atoms. The van der Waals surface area contributed by atoms with Gasteiger partial charge in [0.15, 0.2) is 0 Å². The predicted octanol–water partition coefficient (Wildman–Crippen LogP) is 2.16. The van der Waals surface area contributed by atoms with E-state index in [1.54, 1.807) is 31.3 Å². The Kier molecular flexibility index (Phi) is 5.75. The van der Waals surface area contributed by atoms with Crippen LogP contribution in [0.4, 0.5) is 0 Å². The minimum atomic E-state index is -0.269. The van der Waals surface area contributed by atoms with Crippen molar-refractivity contribution in [3.8, 4) is 5.75 Å². The zero-order chi connectivity index (χ0) is 15.1. The van der Waals surface area contributed by atoms with Crippen molar-refractivity contribution in [2.24, 2.45) is 5.92 Å². The molecule has 1 amide bonds. The van der Waals surface area contributed by atoms with Gasteiger partial charge in [0.2, 0.25) is 0 Å². The lowest BCUT2D eigenvalue weighted by Crippen LogP contribution is -2.19. The van der Waals surface area contributed by atoms with Crippen molar-refractivity contribution in [3.05, 3.63) is 29.8 Å². The molecule has 1 aliphatic rings. The van der Waals surface area contributed by atoms with Crippen LogP contribution >= 0.6 is 0 Å². The third-order valence-corrected chi connectivity index (χ3v) is 3.57. The van der Waals surface area contributed by atoms with E-state index in [2.05, 4.69) is 5.32 Å². The lowest BCUT2D eigenvalue weighted by Gasteiger charge is -2.21. The average Bonchev–Trinajstić information content (AvgIpc) is 2.53. The highest BCUT2D eigenvalue weighted by molar-refractivity contribution is 5.94. The molecule has 0 bridgehead atoms. The highest BCUT2D eigenvalue weighted by Crippen LogP contribution is 2.20. The van der Waals surface area contributed by atoms with Crippen molar-refractivity contribution in [3.63, 3.8) is 0 Å². The number of benzene rings is 1. The summed E-state index contributed by atoms with van der Waals surface area (Å²) in [7, 11) is 1.56. The lowest BCUT2D eigenvalue weighted by molar-refractivity contribution is -0.134. The summed E-state index contributed by atoms with van der Waals surface area (Å²) in [6.45, 7) is 1.56. The summed E-state index contributed by atoms with van der Waals surface area (Å²) in [4.78, 5) is 23.4. The molecule has 1 aromatic carbocycles. The minimum absolute atomic E-state index is 0.202. The molecular weight excluding hydrogens is 270 g/mol. The highest BCUT2D eigenvalue weighted by atomic mass is 16.5. The first-order valence-electron chi connectivity index (χ1n) is 7.29. The van der Waals surface area contributed by atoms with Gasteiger partial charge in [-0.2, -0.15) is 0 Å². The summed E-state index contributed by atoms with van der Waals surface area (Å²) in [6, 6.07) is 6.62. The Labute approximate surface area is 124 Å². The van der Waals surface area contributed by atoms with Crippen LogP contribution in [0, 0.1) is 5.92 Å². The monoisotopic (exact) mass is 291 g/mol. The van der Waals surface area contributed by atoms with Crippen LogP contribution in [-0.4, -0.2) is 32.1 Å². The van der Waals surface area contributed by atoms with Gasteiger partial charge in [0.05, 0.1) is 0 Å². The molecule has 0 aliphatic carbocycles. The number of ether oxygens (including phenoxy) is 2. The first-order chi connectivity index (χ1) is 10.2. The van der Waals surface area contributed by atoms with E-state index in [0.717, 1.165) is 32.5 Å². The summed E-state index contributed by atoms with van der Waals surface area (Å²) in [5.74, 6) is 0.381. The Balaban J connectivity index is 1.83. The van der Waals surface area contributed by atoms with Gasteiger partial charge in [0.1, 0.15) is 5.75 Å². The Morgan fingerprint density at radius 1 is 1.43 bits per heavy atom. The Hall–Kier alpha value is -1.88. The Morgan fingerprint density at radius 3 is 3.00 bits per heavy atom. The summed E-state index contributed by atoms with van der Waals surface area (Å²) in [5.41, 5.74) is 0.475. The molecule has 1 N–H and O–H groups in total. The molecule has 21 heavy (non-hydrogen) atoms. The summed E-state index contributed by atoms with van der Waals surface area (Å²) in [6.07, 6.45) is 3.33. The van der Waals surface area contributed by atoms with E-state index in [1.807, 2.05) is 0 Å². The number of rotatable bonds is 5. The van der Waals surface area contributed by atoms with E-state index in [9.17, 15) is 9.59 Å². The third-order valence-electron chi connectivity index (χ3n) is 3.57. The Bertz CT molecular complexity index is 495. The van der Waals surface area contributed by atoms with Crippen LogP contribution in [0.5, 0.6) is 5.75 Å². The Morgan fingerprint density at radius 2 is 2.29 bits per heavy atom. The molecule has 0 saturated carbocycles. The molecule has 1 aliphatic heterocycles. The zero-order valence-electron chi connectivity index (χ0n) is 12.3. The number of carbonyl (C=O) groups excluding carboxylic acids is 2. The number of esters is 1. The zero-order valence-corrected chi connectivity index (χ0v) is 12.3. The van der Waals surface area contributed by atoms with Crippen LogP contribution in [-0.2, 0) is 9.53 Å². The first-order valence-corrected chi connectivity index (χ1v) is 7.29. The van der Waals surface area contributed by atoms with Gasteiger partial charge in [-0.05, 0) is 43.4 Å². The van der Waals surface area contributed by atoms with Gasteiger partial charge in [-0.1, -0.05) is 6.07 Å². The highest BCUT2D eigenvalue weighted by Gasteiger charge is 2.16. The SMILES string of the molecule is CNC(=O)c1cccc(OC(=O)CC[C@@H]2CCCOC2)c1. The first kappa shape index (κ1) is 15.5. The van der Waals surface area contributed by atoms with Crippen LogP contribution in [0.15, 0.2) is 24.3 Å². The maximum Gasteiger partial charge on any atom is 0.311 e.